The van der Waals surface area contributed by atoms with E-state index in [9.17, 15) is 13.2 Å². The van der Waals surface area contributed by atoms with Gasteiger partial charge in [-0.25, -0.2) is 13.4 Å². The molecule has 2 N–H and O–H groups in total. The van der Waals surface area contributed by atoms with Crippen LogP contribution in [0.3, 0.4) is 0 Å². The number of pyridine rings is 1. The zero-order valence-electron chi connectivity index (χ0n) is 15.8. The Morgan fingerprint density at radius 1 is 1.18 bits per heavy atom. The molecule has 0 radical (unpaired) electrons. The van der Waals surface area contributed by atoms with Crippen molar-refractivity contribution in [2.75, 3.05) is 22.9 Å². The minimum atomic E-state index is -3.42. The van der Waals surface area contributed by atoms with Gasteiger partial charge in [-0.05, 0) is 49.1 Å². The van der Waals surface area contributed by atoms with Gasteiger partial charge in [0.05, 0.1) is 12.9 Å². The van der Waals surface area contributed by atoms with E-state index in [0.29, 0.717) is 35.3 Å². The normalized spacial score (nSPS) is 15.0. The molecule has 1 aromatic carbocycles. The van der Waals surface area contributed by atoms with Gasteiger partial charge in [0.15, 0.2) is 11.6 Å². The zero-order chi connectivity index (χ0) is 20.0. The second-order valence-electron chi connectivity index (χ2n) is 7.07. The van der Waals surface area contributed by atoms with E-state index in [1.807, 2.05) is 0 Å². The van der Waals surface area contributed by atoms with Crippen LogP contribution in [-0.4, -0.2) is 32.2 Å². The van der Waals surface area contributed by atoms with Crippen LogP contribution in [0.15, 0.2) is 42.6 Å². The molecule has 150 valence electrons. The number of carbonyl (C=O) groups excluding carboxylic acids is 1. The van der Waals surface area contributed by atoms with Crippen molar-refractivity contribution >= 4 is 27.4 Å². The summed E-state index contributed by atoms with van der Waals surface area (Å²) in [6.45, 7) is 0.613. The highest BCUT2D eigenvalue weighted by Crippen LogP contribution is 2.27. The van der Waals surface area contributed by atoms with Gasteiger partial charge in [0, 0.05) is 17.4 Å². The Kier molecular flexibility index (Phi) is 6.51. The number of nitrogens with zero attached hydrogens (tertiary/aromatic N) is 1. The van der Waals surface area contributed by atoms with Gasteiger partial charge in [0.1, 0.15) is 0 Å². The molecule has 1 saturated carbocycles. The third kappa shape index (κ3) is 5.95. The number of aromatic nitrogens is 1. The van der Waals surface area contributed by atoms with Gasteiger partial charge in [-0.15, -0.1) is 0 Å². The van der Waals surface area contributed by atoms with Crippen LogP contribution in [0.2, 0.25) is 0 Å². The Hall–Kier alpha value is -2.61. The van der Waals surface area contributed by atoms with Gasteiger partial charge in [-0.3, -0.25) is 9.52 Å². The lowest BCUT2D eigenvalue weighted by Gasteiger charge is -2.22. The van der Waals surface area contributed by atoms with Crippen molar-refractivity contribution in [3.63, 3.8) is 0 Å². The van der Waals surface area contributed by atoms with E-state index >= 15 is 0 Å². The van der Waals surface area contributed by atoms with E-state index in [4.69, 9.17) is 4.74 Å². The maximum Gasteiger partial charge on any atom is 0.256 e. The number of ether oxygens (including phenoxy) is 1. The number of hydrogen-bond acceptors (Lipinski definition) is 5. The van der Waals surface area contributed by atoms with Gasteiger partial charge in [0.2, 0.25) is 10.0 Å². The first-order valence-corrected chi connectivity index (χ1v) is 11.3. The van der Waals surface area contributed by atoms with E-state index in [2.05, 4.69) is 15.0 Å². The molecule has 1 fully saturated rings. The second kappa shape index (κ2) is 9.05. The van der Waals surface area contributed by atoms with Crippen molar-refractivity contribution in [1.29, 1.82) is 0 Å². The van der Waals surface area contributed by atoms with Gasteiger partial charge < -0.3 is 10.1 Å². The standard InChI is InChI=1S/C20H25N3O4S/c1-28(25,26)23-17-10-5-9-16(13-17)20(24)22-19-18(11-6-12-21-19)27-14-15-7-3-2-4-8-15/h5-6,9-13,15,23H,2-4,7-8,14H2,1H3,(H,21,22,24). The summed E-state index contributed by atoms with van der Waals surface area (Å²) in [7, 11) is -3.42. The minimum Gasteiger partial charge on any atom is -0.489 e. The highest BCUT2D eigenvalue weighted by molar-refractivity contribution is 7.92. The molecule has 0 atom stereocenters. The summed E-state index contributed by atoms with van der Waals surface area (Å²) in [6.07, 6.45) is 8.75. The van der Waals surface area contributed by atoms with Gasteiger partial charge in [-0.1, -0.05) is 25.3 Å². The van der Waals surface area contributed by atoms with Crippen molar-refractivity contribution in [1.82, 2.24) is 4.98 Å². The molecule has 1 aliphatic rings. The van der Waals surface area contributed by atoms with Crippen molar-refractivity contribution in [3.05, 3.63) is 48.2 Å². The predicted molar refractivity (Wildman–Crippen MR) is 109 cm³/mol. The second-order valence-corrected chi connectivity index (χ2v) is 8.82. The van der Waals surface area contributed by atoms with Crippen LogP contribution in [0.5, 0.6) is 5.75 Å². The van der Waals surface area contributed by atoms with Crippen molar-refractivity contribution in [3.8, 4) is 5.75 Å². The van der Waals surface area contributed by atoms with Crippen molar-refractivity contribution in [2.24, 2.45) is 5.92 Å². The smallest absolute Gasteiger partial charge is 0.256 e. The molecule has 7 nitrogen and oxygen atoms in total. The number of hydrogen-bond donors (Lipinski definition) is 2. The Bertz CT molecular complexity index is 925. The van der Waals surface area contributed by atoms with Crippen LogP contribution in [0.25, 0.3) is 0 Å². The fourth-order valence-corrected chi connectivity index (χ4v) is 3.84. The molecular formula is C20H25N3O4S. The number of anilines is 2. The van der Waals surface area contributed by atoms with Crippen molar-refractivity contribution in [2.45, 2.75) is 32.1 Å². The maximum absolute atomic E-state index is 12.6. The van der Waals surface area contributed by atoms with Crippen LogP contribution in [0.1, 0.15) is 42.5 Å². The lowest BCUT2D eigenvalue weighted by molar-refractivity contribution is 0.102. The lowest BCUT2D eigenvalue weighted by Crippen LogP contribution is -2.18. The fraction of sp³-hybridized carbons (Fsp3) is 0.400. The highest BCUT2D eigenvalue weighted by atomic mass is 32.2. The third-order valence-electron chi connectivity index (χ3n) is 4.63. The number of carbonyl (C=O) groups is 1. The largest absolute Gasteiger partial charge is 0.489 e. The summed E-state index contributed by atoms with van der Waals surface area (Å²) < 4.78 is 31.1. The Morgan fingerprint density at radius 3 is 2.71 bits per heavy atom. The lowest BCUT2D eigenvalue weighted by atomic mass is 9.90. The Labute approximate surface area is 165 Å². The summed E-state index contributed by atoms with van der Waals surface area (Å²) in [5.41, 5.74) is 0.641. The molecule has 0 saturated heterocycles. The molecule has 0 bridgehead atoms. The summed E-state index contributed by atoms with van der Waals surface area (Å²) in [6, 6.07) is 9.82. The number of sulfonamides is 1. The molecule has 1 amide bonds. The average molecular weight is 404 g/mol. The molecule has 2 aromatic rings. The van der Waals surface area contributed by atoms with E-state index in [0.717, 1.165) is 6.26 Å². The van der Waals surface area contributed by atoms with Gasteiger partial charge in [0.25, 0.3) is 5.91 Å². The first kappa shape index (κ1) is 20.1. The molecule has 1 aliphatic carbocycles. The minimum absolute atomic E-state index is 0.317. The molecule has 0 unspecified atom stereocenters. The molecule has 8 heteroatoms. The molecule has 1 heterocycles. The average Bonchev–Trinajstić information content (AvgIpc) is 2.67. The zero-order valence-corrected chi connectivity index (χ0v) is 16.7. The summed E-state index contributed by atoms with van der Waals surface area (Å²) in [5, 5.41) is 2.75. The molecule has 0 aliphatic heterocycles. The topological polar surface area (TPSA) is 97.4 Å². The molecule has 0 spiro atoms. The fourth-order valence-electron chi connectivity index (χ4n) is 3.28. The molecular weight excluding hydrogens is 378 g/mol. The van der Waals surface area contributed by atoms with E-state index < -0.39 is 15.9 Å². The van der Waals surface area contributed by atoms with Gasteiger partial charge >= 0.3 is 0 Å². The van der Waals surface area contributed by atoms with Crippen LogP contribution < -0.4 is 14.8 Å². The van der Waals surface area contributed by atoms with E-state index in [1.165, 1.54) is 38.2 Å². The quantitative estimate of drug-likeness (QED) is 0.735. The monoisotopic (exact) mass is 403 g/mol. The first-order chi connectivity index (χ1) is 13.4. The number of rotatable bonds is 7. The SMILES string of the molecule is CS(=O)(=O)Nc1cccc(C(=O)Nc2ncccc2OCC2CCCCC2)c1. The van der Waals surface area contributed by atoms with Gasteiger partial charge in [-0.2, -0.15) is 0 Å². The first-order valence-electron chi connectivity index (χ1n) is 9.38. The van der Waals surface area contributed by atoms with E-state index in [1.54, 1.807) is 36.5 Å². The highest BCUT2D eigenvalue weighted by Gasteiger charge is 2.16. The molecule has 1 aromatic heterocycles. The molecule has 28 heavy (non-hydrogen) atoms. The summed E-state index contributed by atoms with van der Waals surface area (Å²) in [5.74, 6) is 1.03. The van der Waals surface area contributed by atoms with E-state index in [-0.39, 0.29) is 0 Å². The van der Waals surface area contributed by atoms with Crippen molar-refractivity contribution < 1.29 is 17.9 Å². The third-order valence-corrected chi connectivity index (χ3v) is 5.24. The van der Waals surface area contributed by atoms with Crippen LogP contribution in [0, 0.1) is 5.92 Å². The van der Waals surface area contributed by atoms with Crippen LogP contribution >= 0.6 is 0 Å². The predicted octanol–water partition coefficient (Wildman–Crippen LogP) is 3.66. The number of benzene rings is 1. The summed E-state index contributed by atoms with van der Waals surface area (Å²) in [4.78, 5) is 16.8. The Morgan fingerprint density at radius 2 is 1.96 bits per heavy atom. The number of amides is 1. The Balaban J connectivity index is 1.68. The van der Waals surface area contributed by atoms with Crippen LogP contribution in [-0.2, 0) is 10.0 Å². The van der Waals surface area contributed by atoms with Crippen LogP contribution in [0.4, 0.5) is 11.5 Å². The number of nitrogens with one attached hydrogen (secondary N) is 2. The maximum atomic E-state index is 12.6. The summed E-state index contributed by atoms with van der Waals surface area (Å²) >= 11 is 0. The molecule has 3 rings (SSSR count).